The highest BCUT2D eigenvalue weighted by atomic mass is 16.7. The molecule has 0 aliphatic rings. The maximum Gasteiger partial charge on any atom is 0.308 e. The van der Waals surface area contributed by atoms with Gasteiger partial charge < -0.3 is 25.4 Å². The van der Waals surface area contributed by atoms with E-state index in [1.165, 1.54) is 13.8 Å². The molecule has 1 aromatic carbocycles. The molecule has 9 nitrogen and oxygen atoms in total. The average molecular weight is 494 g/mol. The Kier molecular flexibility index (Phi) is 11.2. The number of esters is 1. The van der Waals surface area contributed by atoms with Crippen LogP contribution in [0.15, 0.2) is 18.3 Å². The molecule has 2 rings (SSSR count). The third-order valence-corrected chi connectivity index (χ3v) is 5.47. The first-order chi connectivity index (χ1) is 15.8. The van der Waals surface area contributed by atoms with E-state index in [0.717, 1.165) is 19.3 Å². The van der Waals surface area contributed by atoms with E-state index >= 15 is 0 Å². The summed E-state index contributed by atoms with van der Waals surface area (Å²) in [4.78, 5) is 24.3. The lowest BCUT2D eigenvalue weighted by molar-refractivity contribution is -0.195. The summed E-state index contributed by atoms with van der Waals surface area (Å²) < 4.78 is 6.72. The number of ether oxygens (including phenoxy) is 1. The number of hydrogen-bond acceptors (Lipinski definition) is 7. The van der Waals surface area contributed by atoms with Crippen LogP contribution >= 0.6 is 0 Å². The number of carbonyl (C=O) groups is 2. The summed E-state index contributed by atoms with van der Waals surface area (Å²) in [6, 6.07) is 3.25. The highest BCUT2D eigenvalue weighted by Crippen LogP contribution is 2.29. The summed E-state index contributed by atoms with van der Waals surface area (Å²) in [5, 5.41) is 37.8. The van der Waals surface area contributed by atoms with Crippen LogP contribution in [-0.4, -0.2) is 54.9 Å². The van der Waals surface area contributed by atoms with Crippen molar-refractivity contribution in [3.05, 3.63) is 23.9 Å². The van der Waals surface area contributed by atoms with Crippen molar-refractivity contribution in [2.45, 2.75) is 98.5 Å². The predicted octanol–water partition coefficient (Wildman–Crippen LogP) is 4.13. The second-order valence-electron chi connectivity index (χ2n) is 10.0. The fourth-order valence-electron chi connectivity index (χ4n) is 3.85. The lowest BCUT2D eigenvalue weighted by atomic mass is 9.97. The van der Waals surface area contributed by atoms with E-state index in [2.05, 4.69) is 17.3 Å². The molecular formula is C26H43N3O6. The van der Waals surface area contributed by atoms with Crippen LogP contribution in [0.2, 0.25) is 0 Å². The van der Waals surface area contributed by atoms with Crippen molar-refractivity contribution < 1.29 is 29.6 Å². The molecule has 1 unspecified atom stereocenters. The molecule has 4 N–H and O–H groups in total. The molecule has 198 valence electrons. The van der Waals surface area contributed by atoms with Crippen molar-refractivity contribution >= 4 is 22.8 Å². The number of phenolic OH excluding ortho intramolecular Hbond substituents is 1. The highest BCUT2D eigenvalue weighted by molar-refractivity contribution is 6.02. The molecular weight excluding hydrogens is 450 g/mol. The minimum Gasteiger partial charge on any atom is -0.506 e. The first-order valence-corrected chi connectivity index (χ1v) is 11.9. The van der Waals surface area contributed by atoms with Gasteiger partial charge >= 0.3 is 5.97 Å². The number of phenols is 1. The Morgan fingerprint density at radius 3 is 2.46 bits per heavy atom. The van der Waals surface area contributed by atoms with E-state index in [0.29, 0.717) is 36.8 Å². The van der Waals surface area contributed by atoms with Crippen molar-refractivity contribution in [1.29, 1.82) is 0 Å². The fraction of sp³-hybridized carbons (Fsp3) is 0.654. The minimum absolute atomic E-state index is 0. The summed E-state index contributed by atoms with van der Waals surface area (Å²) in [5.74, 6) is -2.14. The van der Waals surface area contributed by atoms with Gasteiger partial charge in [-0.2, -0.15) is 5.10 Å². The van der Waals surface area contributed by atoms with E-state index in [1.54, 1.807) is 36.9 Å². The number of aromatic hydroxyl groups is 1. The van der Waals surface area contributed by atoms with Gasteiger partial charge in [-0.05, 0) is 57.6 Å². The molecule has 0 fully saturated rings. The average Bonchev–Trinajstić information content (AvgIpc) is 3.09. The number of carbonyl (C=O) groups excluding carboxylic acids is 2. The highest BCUT2D eigenvalue weighted by Gasteiger charge is 2.20. The second-order valence-corrected chi connectivity index (χ2v) is 10.0. The van der Waals surface area contributed by atoms with Crippen molar-refractivity contribution in [3.8, 4) is 5.75 Å². The molecule has 1 atom stereocenters. The number of aliphatic hydroxyl groups is 2. The van der Waals surface area contributed by atoms with Crippen molar-refractivity contribution in [2.24, 2.45) is 5.92 Å². The van der Waals surface area contributed by atoms with Gasteiger partial charge in [-0.15, -0.1) is 0 Å². The first-order valence-electron chi connectivity index (χ1n) is 11.9. The molecule has 35 heavy (non-hydrogen) atoms. The quantitative estimate of drug-likeness (QED) is 0.243. The topological polar surface area (TPSA) is 134 Å². The Hall–Kier alpha value is -2.65. The largest absolute Gasteiger partial charge is 0.506 e. The number of amides is 1. The molecule has 9 heteroatoms. The van der Waals surface area contributed by atoms with Crippen LogP contribution < -0.4 is 5.32 Å². The van der Waals surface area contributed by atoms with Crippen LogP contribution in [0.3, 0.4) is 0 Å². The molecule has 0 radical (unpaired) electrons. The lowest BCUT2D eigenvalue weighted by Gasteiger charge is -2.19. The summed E-state index contributed by atoms with van der Waals surface area (Å²) in [5.41, 5.74) is -0.127. The smallest absolute Gasteiger partial charge is 0.308 e. The fourth-order valence-corrected chi connectivity index (χ4v) is 3.85. The van der Waals surface area contributed by atoms with Gasteiger partial charge in [-0.25, -0.2) is 0 Å². The first kappa shape index (κ1) is 30.4. The van der Waals surface area contributed by atoms with E-state index in [1.807, 2.05) is 0 Å². The van der Waals surface area contributed by atoms with Crippen LogP contribution in [0.25, 0.3) is 10.9 Å². The zero-order valence-electron chi connectivity index (χ0n) is 20.9. The van der Waals surface area contributed by atoms with Gasteiger partial charge in [0.25, 0.3) is 5.91 Å². The monoisotopic (exact) mass is 493 g/mol. The maximum absolute atomic E-state index is 12.5. The summed E-state index contributed by atoms with van der Waals surface area (Å²) in [6.07, 6.45) is 5.75. The van der Waals surface area contributed by atoms with Crippen molar-refractivity contribution in [3.63, 3.8) is 0 Å². The van der Waals surface area contributed by atoms with E-state index in [9.17, 15) is 24.9 Å². The number of aromatic nitrogens is 2. The second kappa shape index (κ2) is 12.9. The van der Waals surface area contributed by atoms with Gasteiger partial charge in [0.2, 0.25) is 5.79 Å². The predicted molar refractivity (Wildman–Crippen MR) is 136 cm³/mol. The third-order valence-electron chi connectivity index (χ3n) is 5.47. The normalized spacial score (nSPS) is 12.8. The van der Waals surface area contributed by atoms with E-state index in [4.69, 9.17) is 4.74 Å². The van der Waals surface area contributed by atoms with Gasteiger partial charge in [-0.1, -0.05) is 20.8 Å². The number of benzene rings is 1. The van der Waals surface area contributed by atoms with E-state index < -0.39 is 23.3 Å². The van der Waals surface area contributed by atoms with Crippen molar-refractivity contribution in [2.75, 3.05) is 6.54 Å². The zero-order chi connectivity index (χ0) is 25.5. The molecule has 1 amide bonds. The zero-order valence-corrected chi connectivity index (χ0v) is 20.9. The van der Waals surface area contributed by atoms with Crippen LogP contribution in [0.1, 0.15) is 90.9 Å². The number of rotatable bonds is 13. The Bertz CT molecular complexity index is 972. The molecule has 0 aliphatic heterocycles. The van der Waals surface area contributed by atoms with Crippen LogP contribution in [-0.2, 0) is 16.1 Å². The number of fused-ring (bicyclic) bond motifs is 1. The third kappa shape index (κ3) is 10.2. The van der Waals surface area contributed by atoms with Crippen LogP contribution in [0, 0.1) is 5.92 Å². The van der Waals surface area contributed by atoms with Crippen LogP contribution in [0.4, 0.5) is 0 Å². The Balaban J connectivity index is 0.00000612. The SMILES string of the molecule is C.CCCC(CCCC(=O)OC(C)(C)O)Cn1cc2c(O)c(C(=O)NCCC(C)(C)O)ccc2n1. The molecule has 0 saturated carbocycles. The Morgan fingerprint density at radius 2 is 1.86 bits per heavy atom. The van der Waals surface area contributed by atoms with Crippen LogP contribution in [0.5, 0.6) is 5.75 Å². The Labute approximate surface area is 208 Å². The molecule has 2 aromatic rings. The van der Waals surface area contributed by atoms with Gasteiger partial charge in [0, 0.05) is 39.6 Å². The molecule has 1 aromatic heterocycles. The van der Waals surface area contributed by atoms with Gasteiger partial charge in [-0.3, -0.25) is 14.3 Å². The maximum atomic E-state index is 12.5. The Morgan fingerprint density at radius 1 is 1.17 bits per heavy atom. The molecule has 0 saturated heterocycles. The molecule has 0 aliphatic carbocycles. The van der Waals surface area contributed by atoms with E-state index in [-0.39, 0.29) is 31.1 Å². The summed E-state index contributed by atoms with van der Waals surface area (Å²) in [6.45, 7) is 9.20. The standard InChI is InChI=1S/C25H39N3O6.CH4/c1-6-8-17(9-7-10-21(29)34-25(4,5)33)15-28-16-19-20(27-28)12-11-18(22(19)30)23(31)26-14-13-24(2,3)32;/h11-12,16-17,30,32-33H,6-10,13-15H2,1-5H3,(H,26,31);1H4. The summed E-state index contributed by atoms with van der Waals surface area (Å²) >= 11 is 0. The minimum atomic E-state index is -1.47. The van der Waals surface area contributed by atoms with Crippen molar-refractivity contribution in [1.82, 2.24) is 15.1 Å². The van der Waals surface area contributed by atoms with Gasteiger partial charge in [0.05, 0.1) is 22.1 Å². The lowest BCUT2D eigenvalue weighted by Crippen LogP contribution is -2.30. The number of nitrogens with zero attached hydrogens (tertiary/aromatic N) is 2. The molecule has 1 heterocycles. The molecule has 0 bridgehead atoms. The number of nitrogens with one attached hydrogen (secondary N) is 1. The number of hydrogen-bond donors (Lipinski definition) is 4. The van der Waals surface area contributed by atoms with Gasteiger partial charge in [0.1, 0.15) is 5.75 Å². The summed E-state index contributed by atoms with van der Waals surface area (Å²) in [7, 11) is 0. The molecule has 0 spiro atoms. The van der Waals surface area contributed by atoms with Gasteiger partial charge in [0.15, 0.2) is 0 Å².